The van der Waals surface area contributed by atoms with Gasteiger partial charge in [0.25, 0.3) is 11.6 Å². The van der Waals surface area contributed by atoms with Crippen LogP contribution in [0.5, 0.6) is 11.5 Å². The number of nitro benzene ring substituents is 1. The molecule has 0 radical (unpaired) electrons. The van der Waals surface area contributed by atoms with Crippen molar-refractivity contribution in [3.63, 3.8) is 0 Å². The first-order valence-corrected chi connectivity index (χ1v) is 8.46. The van der Waals surface area contributed by atoms with Gasteiger partial charge in [-0.3, -0.25) is 14.9 Å². The molecule has 0 spiro atoms. The molecule has 0 aliphatic heterocycles. The molecule has 2 aromatic rings. The number of nitro groups is 1. The maximum atomic E-state index is 11.8. The Labute approximate surface area is 163 Å². The number of nitrogens with zero attached hydrogens (tertiary/aromatic N) is 3. The number of nitrogens with one attached hydrogen (secondary N) is 1. The number of hydrogen-bond donors (Lipinski definition) is 2. The molecule has 2 N–H and O–H groups in total. The van der Waals surface area contributed by atoms with E-state index in [-0.39, 0.29) is 28.1 Å². The fourth-order valence-corrected chi connectivity index (χ4v) is 2.48. The third kappa shape index (κ3) is 5.68. The number of benzene rings is 2. The number of phenolic OH excluding ortho intramolecular Hbond substituents is 1. The molecule has 0 aromatic heterocycles. The zero-order valence-electron chi connectivity index (χ0n) is 14.5. The molecule has 0 atom stereocenters. The highest BCUT2D eigenvalue weighted by atomic mass is 79.9. The molecule has 0 aliphatic carbocycles. The number of phenols is 1. The number of non-ortho nitro benzene ring substituents is 1. The van der Waals surface area contributed by atoms with E-state index in [0.29, 0.717) is 5.75 Å². The summed E-state index contributed by atoms with van der Waals surface area (Å²) in [6, 6.07) is 9.53. The Kier molecular flexibility index (Phi) is 6.72. The van der Waals surface area contributed by atoms with E-state index in [0.717, 1.165) is 18.0 Å². The minimum absolute atomic E-state index is 0.0796. The molecule has 0 heterocycles. The fraction of sp³-hybridized carbons (Fsp3) is 0.176. The van der Waals surface area contributed by atoms with Gasteiger partial charge in [-0.05, 0) is 28.1 Å². The van der Waals surface area contributed by atoms with Crippen LogP contribution in [-0.4, -0.2) is 42.9 Å². The number of carbonyl (C=O) groups excluding carboxylic acids is 1. The molecule has 2 rings (SSSR count). The van der Waals surface area contributed by atoms with Crippen LogP contribution in [0.2, 0.25) is 0 Å². The Hall–Kier alpha value is -3.14. The van der Waals surface area contributed by atoms with Crippen molar-refractivity contribution in [1.82, 2.24) is 5.43 Å². The van der Waals surface area contributed by atoms with Gasteiger partial charge in [0, 0.05) is 43.5 Å². The Bertz CT molecular complexity index is 886. The maximum Gasteiger partial charge on any atom is 0.277 e. The van der Waals surface area contributed by atoms with E-state index in [9.17, 15) is 20.0 Å². The Morgan fingerprint density at radius 3 is 2.81 bits per heavy atom. The van der Waals surface area contributed by atoms with Gasteiger partial charge in [0.15, 0.2) is 6.61 Å². The number of hydrazone groups is 1. The largest absolute Gasteiger partial charge is 0.506 e. The molecule has 0 aliphatic rings. The van der Waals surface area contributed by atoms with E-state index >= 15 is 0 Å². The van der Waals surface area contributed by atoms with Gasteiger partial charge in [0.1, 0.15) is 11.5 Å². The first-order chi connectivity index (χ1) is 12.8. The SMILES string of the molecule is CN(C)c1cccc(OCC(=O)N/N=C/c2cc([N+](=O)[O-])cc(Br)c2O)c1. The summed E-state index contributed by atoms with van der Waals surface area (Å²) in [4.78, 5) is 24.0. The number of carbonyl (C=O) groups is 1. The molecule has 27 heavy (non-hydrogen) atoms. The summed E-state index contributed by atoms with van der Waals surface area (Å²) in [6.45, 7) is -0.265. The van der Waals surface area contributed by atoms with Crippen molar-refractivity contribution in [1.29, 1.82) is 0 Å². The Balaban J connectivity index is 1.96. The summed E-state index contributed by atoms with van der Waals surface area (Å²) < 4.78 is 5.54. The van der Waals surface area contributed by atoms with Crippen LogP contribution in [0.1, 0.15) is 5.56 Å². The molecule has 142 valence electrons. The summed E-state index contributed by atoms with van der Waals surface area (Å²) >= 11 is 3.03. The molecule has 0 saturated heterocycles. The van der Waals surface area contributed by atoms with Gasteiger partial charge in [0.05, 0.1) is 15.6 Å². The van der Waals surface area contributed by atoms with Crippen molar-refractivity contribution < 1.29 is 19.6 Å². The highest BCUT2D eigenvalue weighted by Crippen LogP contribution is 2.31. The molecule has 0 bridgehead atoms. The average Bonchev–Trinajstić information content (AvgIpc) is 2.63. The second-order valence-corrected chi connectivity index (χ2v) is 6.45. The average molecular weight is 437 g/mol. The van der Waals surface area contributed by atoms with Gasteiger partial charge in [-0.15, -0.1) is 0 Å². The van der Waals surface area contributed by atoms with Gasteiger partial charge in [-0.2, -0.15) is 5.10 Å². The summed E-state index contributed by atoms with van der Waals surface area (Å²) in [5, 5.41) is 24.4. The number of aromatic hydroxyl groups is 1. The maximum absolute atomic E-state index is 11.8. The smallest absolute Gasteiger partial charge is 0.277 e. The third-order valence-electron chi connectivity index (χ3n) is 3.39. The van der Waals surface area contributed by atoms with Crippen LogP contribution >= 0.6 is 15.9 Å². The second-order valence-electron chi connectivity index (χ2n) is 5.60. The quantitative estimate of drug-likeness (QED) is 0.391. The topological polar surface area (TPSA) is 117 Å². The highest BCUT2D eigenvalue weighted by molar-refractivity contribution is 9.10. The summed E-state index contributed by atoms with van der Waals surface area (Å²) in [6.07, 6.45) is 1.11. The van der Waals surface area contributed by atoms with Crippen molar-refractivity contribution in [3.8, 4) is 11.5 Å². The number of hydrogen-bond acceptors (Lipinski definition) is 7. The summed E-state index contributed by atoms with van der Waals surface area (Å²) in [7, 11) is 3.78. The third-order valence-corrected chi connectivity index (χ3v) is 3.99. The molecular formula is C17H17BrN4O5. The number of ether oxygens (including phenoxy) is 1. The summed E-state index contributed by atoms with van der Waals surface area (Å²) in [5.41, 5.74) is 3.02. The number of anilines is 1. The van der Waals surface area contributed by atoms with Crippen molar-refractivity contribution in [2.45, 2.75) is 0 Å². The van der Waals surface area contributed by atoms with Gasteiger partial charge in [-0.1, -0.05) is 6.07 Å². The minimum atomic E-state index is -0.601. The van der Waals surface area contributed by atoms with E-state index in [1.54, 1.807) is 12.1 Å². The van der Waals surface area contributed by atoms with Gasteiger partial charge in [-0.25, -0.2) is 5.43 Å². The highest BCUT2D eigenvalue weighted by Gasteiger charge is 2.13. The van der Waals surface area contributed by atoms with Gasteiger partial charge in [0.2, 0.25) is 0 Å². The molecule has 0 saturated carbocycles. The van der Waals surface area contributed by atoms with Crippen molar-refractivity contribution in [3.05, 3.63) is 56.5 Å². The fourth-order valence-electron chi connectivity index (χ4n) is 2.02. The zero-order chi connectivity index (χ0) is 20.0. The Morgan fingerprint density at radius 2 is 2.15 bits per heavy atom. The van der Waals surface area contributed by atoms with Crippen LogP contribution in [0.3, 0.4) is 0 Å². The van der Waals surface area contributed by atoms with Crippen LogP contribution < -0.4 is 15.1 Å². The molecule has 0 unspecified atom stereocenters. The van der Waals surface area contributed by atoms with Crippen molar-refractivity contribution >= 4 is 39.4 Å². The van der Waals surface area contributed by atoms with Crippen LogP contribution in [0.4, 0.5) is 11.4 Å². The van der Waals surface area contributed by atoms with E-state index < -0.39 is 10.8 Å². The minimum Gasteiger partial charge on any atom is -0.506 e. The molecule has 0 fully saturated rings. The van der Waals surface area contributed by atoms with Crippen molar-refractivity contribution in [2.75, 3.05) is 25.6 Å². The van der Waals surface area contributed by atoms with Crippen LogP contribution in [0, 0.1) is 10.1 Å². The van der Waals surface area contributed by atoms with E-state index in [4.69, 9.17) is 4.74 Å². The summed E-state index contributed by atoms with van der Waals surface area (Å²) in [5.74, 6) is -0.221. The lowest BCUT2D eigenvalue weighted by atomic mass is 10.2. The lowest BCUT2D eigenvalue weighted by Crippen LogP contribution is -2.24. The first-order valence-electron chi connectivity index (χ1n) is 7.67. The zero-order valence-corrected chi connectivity index (χ0v) is 16.1. The normalized spacial score (nSPS) is 10.6. The van der Waals surface area contributed by atoms with Gasteiger partial charge >= 0.3 is 0 Å². The van der Waals surface area contributed by atoms with Gasteiger partial charge < -0.3 is 14.7 Å². The van der Waals surface area contributed by atoms with E-state index in [2.05, 4.69) is 26.5 Å². The standard InChI is InChI=1S/C17H17BrN4O5/c1-21(2)12-4-3-5-14(7-12)27-10-16(23)20-19-9-11-6-13(22(25)26)8-15(18)17(11)24/h3-9,24H,10H2,1-2H3,(H,20,23)/b19-9+. The number of rotatable bonds is 7. The molecule has 10 heteroatoms. The first kappa shape index (κ1) is 20.2. The van der Waals surface area contributed by atoms with E-state index in [1.165, 1.54) is 6.07 Å². The van der Waals surface area contributed by atoms with E-state index in [1.807, 2.05) is 31.1 Å². The lowest BCUT2D eigenvalue weighted by Gasteiger charge is -2.13. The molecule has 9 nitrogen and oxygen atoms in total. The number of amides is 1. The molecule has 1 amide bonds. The van der Waals surface area contributed by atoms with Crippen LogP contribution in [-0.2, 0) is 4.79 Å². The predicted octanol–water partition coefficient (Wildman–Crippen LogP) is 2.66. The molecular weight excluding hydrogens is 420 g/mol. The number of halogens is 1. The molecule has 2 aromatic carbocycles. The van der Waals surface area contributed by atoms with Crippen molar-refractivity contribution in [2.24, 2.45) is 5.10 Å². The lowest BCUT2D eigenvalue weighted by molar-refractivity contribution is -0.385. The van der Waals surface area contributed by atoms with Crippen LogP contribution in [0.25, 0.3) is 0 Å². The monoisotopic (exact) mass is 436 g/mol. The Morgan fingerprint density at radius 1 is 1.41 bits per heavy atom. The van der Waals surface area contributed by atoms with Crippen LogP contribution in [0.15, 0.2) is 46.0 Å². The second kappa shape index (κ2) is 8.99. The predicted molar refractivity (Wildman–Crippen MR) is 104 cm³/mol.